The van der Waals surface area contributed by atoms with Gasteiger partial charge in [0.1, 0.15) is 0 Å². The second-order valence-electron chi connectivity index (χ2n) is 31.3. The standard InChI is InChI=1S/C36H26N2O.C36H28N2O.C35H28N2OSi/c1-23-22-37(2)32-20-19-24(21-27(32)35(23)39)38-33-17-9-7-15-30(33)36(31-16-8-10-18-34(31)38)28-13-5-3-11-25(28)26-12-4-6-14-29(26)36;1-25-24-37(2)32-22-21-28(23-29(32)35(25)39)38-33-19-11-9-17-30(33)36(26-13-5-3-6-14-26,27-15-7-4-8-16-27)31-18-10-12-20-34(31)38;1-25-24-36(2)30-22-21-26(23-29(30)35(25)38)37-31-17-9-11-19-33(31)39(27-13-5-3-6-14-27,28-15-7-4-8-16-28)34-20-12-10-18-32(34)37/h3-22H,1-2H3;2*3-24H,1-2H3. The zero-order chi connectivity index (χ0) is 79.4. The van der Waals surface area contributed by atoms with Crippen LogP contribution in [0.2, 0.25) is 0 Å². The van der Waals surface area contributed by atoms with Crippen LogP contribution in [0.4, 0.5) is 51.2 Å². The van der Waals surface area contributed by atoms with Gasteiger partial charge in [0.25, 0.3) is 0 Å². The van der Waals surface area contributed by atoms with Crippen molar-refractivity contribution in [2.45, 2.75) is 31.6 Å². The summed E-state index contributed by atoms with van der Waals surface area (Å²) in [6.45, 7) is 5.66. The number of hydrogen-bond donors (Lipinski definition) is 0. The molecule has 0 bridgehead atoms. The van der Waals surface area contributed by atoms with Gasteiger partial charge in [-0.25, -0.2) is 0 Å². The summed E-state index contributed by atoms with van der Waals surface area (Å²) in [5.41, 5.74) is 26.7. The first-order valence-corrected chi connectivity index (χ1v) is 42.0. The Morgan fingerprint density at radius 1 is 0.248 bits per heavy atom. The first-order chi connectivity index (χ1) is 57.3. The van der Waals surface area contributed by atoms with Gasteiger partial charge in [-0.1, -0.05) is 279 Å². The first-order valence-electron chi connectivity index (χ1n) is 40.0. The van der Waals surface area contributed by atoms with Gasteiger partial charge >= 0.3 is 0 Å². The second-order valence-corrected chi connectivity index (χ2v) is 35.0. The third kappa shape index (κ3) is 10.8. The summed E-state index contributed by atoms with van der Waals surface area (Å²) >= 11 is 0. The lowest BCUT2D eigenvalue weighted by Crippen LogP contribution is -2.77. The van der Waals surface area contributed by atoms with Gasteiger partial charge in [0, 0.05) is 101 Å². The molecule has 0 saturated heterocycles. The lowest BCUT2D eigenvalue weighted by Gasteiger charge is -2.46. The molecule has 18 aromatic rings. The second kappa shape index (κ2) is 28.3. The van der Waals surface area contributed by atoms with Crippen LogP contribution < -0.4 is 51.7 Å². The third-order valence-electron chi connectivity index (χ3n) is 24.9. The molecule has 10 heteroatoms. The molecule has 6 heterocycles. The van der Waals surface area contributed by atoms with E-state index in [1.54, 1.807) is 0 Å². The molecule has 0 amide bonds. The number of aryl methyl sites for hydroxylation is 6. The van der Waals surface area contributed by atoms with E-state index in [4.69, 9.17) is 0 Å². The SMILES string of the molecule is Cc1cn(C)c2ccc(N3c4ccccc4C(c4ccccc4)(c4ccccc4)c4ccccc43)cc2c1=O.Cc1cn(C)c2ccc(N3c4ccccc4C4(c5ccccc5-c5ccccc54)c4ccccc43)cc2c1=O.Cc1cn(C)c2ccc(N3c4ccccc4[Si](c4ccccc4)(c4ccccc4)c4ccccc43)cc2c1=O. The highest BCUT2D eigenvalue weighted by molar-refractivity contribution is 7.21. The minimum absolute atomic E-state index is 0.0754. The van der Waals surface area contributed by atoms with Crippen molar-refractivity contribution in [3.63, 3.8) is 0 Å². The smallest absolute Gasteiger partial charge is 0.192 e. The van der Waals surface area contributed by atoms with Gasteiger partial charge in [-0.3, -0.25) is 14.4 Å². The number of anilines is 9. The van der Waals surface area contributed by atoms with E-state index < -0.39 is 18.9 Å². The van der Waals surface area contributed by atoms with Gasteiger partial charge in [0.2, 0.25) is 0 Å². The number of para-hydroxylation sites is 6. The maximum absolute atomic E-state index is 13.3. The number of aromatic nitrogens is 3. The van der Waals surface area contributed by atoms with Gasteiger partial charge in [0.15, 0.2) is 24.4 Å². The number of rotatable bonds is 7. The van der Waals surface area contributed by atoms with Gasteiger partial charge in [-0.05, 0) is 188 Å². The summed E-state index contributed by atoms with van der Waals surface area (Å²) in [4.78, 5) is 46.8. The summed E-state index contributed by atoms with van der Waals surface area (Å²) in [6, 6.07) is 133. The van der Waals surface area contributed by atoms with Crippen LogP contribution in [0.5, 0.6) is 0 Å². The lowest BCUT2D eigenvalue weighted by atomic mass is 9.62. The fourth-order valence-electron chi connectivity index (χ4n) is 20.1. The monoisotopic (exact) mass is 1530 g/mol. The fourth-order valence-corrected chi connectivity index (χ4v) is 25.2. The molecule has 1 spiro atoms. The van der Waals surface area contributed by atoms with Crippen molar-refractivity contribution >= 4 is 113 Å². The Kier molecular flexibility index (Phi) is 17.3. The highest BCUT2D eigenvalue weighted by atomic mass is 28.3. The van der Waals surface area contributed by atoms with Crippen LogP contribution in [0.25, 0.3) is 43.8 Å². The van der Waals surface area contributed by atoms with Crippen LogP contribution in [0.15, 0.2) is 403 Å². The zero-order valence-electron chi connectivity index (χ0n) is 65.9. The van der Waals surface area contributed by atoms with Crippen molar-refractivity contribution in [2.24, 2.45) is 21.1 Å². The topological polar surface area (TPSA) is 75.7 Å². The Bertz CT molecular complexity index is 6390. The number of nitrogens with zero attached hydrogens (tertiary/aromatic N) is 6. The number of hydrogen-bond acceptors (Lipinski definition) is 6. The fraction of sp³-hybridized carbons (Fsp3) is 0.0748. The largest absolute Gasteiger partial charge is 0.350 e. The van der Waals surface area contributed by atoms with Crippen LogP contribution in [-0.2, 0) is 32.0 Å². The molecule has 117 heavy (non-hydrogen) atoms. The molecular formula is C107H82N6O3Si. The summed E-state index contributed by atoms with van der Waals surface area (Å²) in [5, 5.41) is 7.62. The van der Waals surface area contributed by atoms with Gasteiger partial charge < -0.3 is 28.4 Å². The van der Waals surface area contributed by atoms with Crippen LogP contribution in [0.1, 0.15) is 61.2 Å². The normalized spacial score (nSPS) is 13.8. The van der Waals surface area contributed by atoms with Crippen molar-refractivity contribution in [3.05, 3.63) is 481 Å². The summed E-state index contributed by atoms with van der Waals surface area (Å²) in [6.07, 6.45) is 5.73. The molecule has 22 rings (SSSR count). The highest BCUT2D eigenvalue weighted by Gasteiger charge is 2.53. The van der Waals surface area contributed by atoms with Crippen molar-refractivity contribution in [3.8, 4) is 11.1 Å². The van der Waals surface area contributed by atoms with Gasteiger partial charge in [-0.2, -0.15) is 0 Å². The Hall–Kier alpha value is -14.5. The molecule has 562 valence electrons. The quantitative estimate of drug-likeness (QED) is 0.148. The van der Waals surface area contributed by atoms with E-state index in [0.717, 1.165) is 89.2 Å². The van der Waals surface area contributed by atoms with Crippen LogP contribution in [-0.4, -0.2) is 21.8 Å². The van der Waals surface area contributed by atoms with Crippen LogP contribution in [0, 0.1) is 20.8 Å². The molecule has 0 atom stereocenters. The third-order valence-corrected chi connectivity index (χ3v) is 29.8. The summed E-state index contributed by atoms with van der Waals surface area (Å²) in [5.74, 6) is 0. The van der Waals surface area contributed by atoms with Crippen LogP contribution in [0.3, 0.4) is 0 Å². The van der Waals surface area contributed by atoms with Gasteiger partial charge in [-0.15, -0.1) is 0 Å². The highest BCUT2D eigenvalue weighted by Crippen LogP contribution is 2.64. The molecular weight excluding hydrogens is 1450 g/mol. The minimum Gasteiger partial charge on any atom is -0.350 e. The zero-order valence-corrected chi connectivity index (χ0v) is 66.9. The molecule has 4 aliphatic rings. The molecule has 0 N–H and O–H groups in total. The number of fused-ring (bicyclic) bond motifs is 16. The van der Waals surface area contributed by atoms with E-state index >= 15 is 0 Å². The number of benzene rings is 15. The lowest BCUT2D eigenvalue weighted by molar-refractivity contribution is 0.731. The van der Waals surface area contributed by atoms with Crippen molar-refractivity contribution in [2.75, 3.05) is 14.7 Å². The molecule has 3 aliphatic heterocycles. The summed E-state index contributed by atoms with van der Waals surface area (Å²) in [7, 11) is 3.35. The maximum Gasteiger partial charge on any atom is 0.192 e. The predicted octanol–water partition coefficient (Wildman–Crippen LogP) is 21.0. The predicted molar refractivity (Wildman–Crippen MR) is 486 cm³/mol. The summed E-state index contributed by atoms with van der Waals surface area (Å²) < 4.78 is 6.11. The van der Waals surface area contributed by atoms with E-state index in [1.807, 2.05) is 74.2 Å². The van der Waals surface area contributed by atoms with E-state index in [2.05, 4.69) is 385 Å². The molecule has 0 unspecified atom stereocenters. The van der Waals surface area contributed by atoms with Crippen LogP contribution >= 0.6 is 0 Å². The van der Waals surface area contributed by atoms with E-state index in [1.165, 1.54) is 87.8 Å². The van der Waals surface area contributed by atoms with Crippen molar-refractivity contribution in [1.82, 2.24) is 13.7 Å². The van der Waals surface area contributed by atoms with E-state index in [-0.39, 0.29) is 16.3 Å². The Morgan fingerprint density at radius 2 is 0.504 bits per heavy atom. The molecule has 0 saturated carbocycles. The van der Waals surface area contributed by atoms with Crippen molar-refractivity contribution < 1.29 is 0 Å². The maximum atomic E-state index is 13.3. The first kappa shape index (κ1) is 71.6. The number of pyridine rings is 3. The average Bonchev–Trinajstić information content (AvgIpc) is 1.61. The molecule has 0 radical (unpaired) electrons. The molecule has 1 aliphatic carbocycles. The molecule has 15 aromatic carbocycles. The Balaban J connectivity index is 0.000000113. The molecule has 0 fully saturated rings. The van der Waals surface area contributed by atoms with E-state index in [9.17, 15) is 14.4 Å². The van der Waals surface area contributed by atoms with Gasteiger partial charge in [0.05, 0.1) is 50.1 Å². The molecule has 3 aromatic heterocycles. The minimum atomic E-state index is -2.64. The Morgan fingerprint density at radius 3 is 0.838 bits per heavy atom. The Labute approximate surface area is 681 Å². The van der Waals surface area contributed by atoms with E-state index in [0.29, 0.717) is 0 Å². The molecule has 9 nitrogen and oxygen atoms in total. The average molecular weight is 1530 g/mol. The van der Waals surface area contributed by atoms with Crippen molar-refractivity contribution in [1.29, 1.82) is 0 Å².